The normalized spacial score (nSPS) is 43.4. The van der Waals surface area contributed by atoms with Gasteiger partial charge in [-0.1, -0.05) is 20.4 Å². The Bertz CT molecular complexity index is 781. The predicted octanol–water partition coefficient (Wildman–Crippen LogP) is 3.74. The summed E-state index contributed by atoms with van der Waals surface area (Å²) in [4.78, 5) is 22.9. The third-order valence-electron chi connectivity index (χ3n) is 7.99. The summed E-state index contributed by atoms with van der Waals surface area (Å²) in [7, 11) is 0. The second-order valence-corrected chi connectivity index (χ2v) is 11.2. The molecular formula is C27H42O8. The number of carbonyl (C=O) groups is 2. The van der Waals surface area contributed by atoms with E-state index in [-0.39, 0.29) is 60.5 Å². The number of carbonyl (C=O) groups excluding carboxylic acids is 2. The van der Waals surface area contributed by atoms with Gasteiger partial charge in [-0.05, 0) is 44.6 Å². The molecule has 4 saturated heterocycles. The van der Waals surface area contributed by atoms with Crippen LogP contribution in [0.5, 0.6) is 0 Å². The zero-order valence-electron chi connectivity index (χ0n) is 21.8. The molecule has 0 N–H and O–H groups in total. The maximum atomic E-state index is 12.1. The molecule has 0 bridgehead atoms. The van der Waals surface area contributed by atoms with Crippen LogP contribution in [-0.4, -0.2) is 73.5 Å². The minimum absolute atomic E-state index is 0.00651. The molecule has 4 aliphatic rings. The molecule has 0 aromatic carbocycles. The lowest BCUT2D eigenvalue weighted by Gasteiger charge is -2.51. The maximum Gasteiger partial charge on any atom is 0.303 e. The van der Waals surface area contributed by atoms with Crippen LogP contribution in [0.3, 0.4) is 0 Å². The maximum absolute atomic E-state index is 12.1. The van der Waals surface area contributed by atoms with Crippen molar-refractivity contribution < 1.29 is 38.0 Å². The van der Waals surface area contributed by atoms with E-state index < -0.39 is 11.9 Å². The smallest absolute Gasteiger partial charge is 0.303 e. The third kappa shape index (κ3) is 6.16. The van der Waals surface area contributed by atoms with Crippen molar-refractivity contribution >= 4 is 12.3 Å². The van der Waals surface area contributed by atoms with Crippen LogP contribution in [0.4, 0.5) is 0 Å². The van der Waals surface area contributed by atoms with E-state index in [1.807, 2.05) is 13.8 Å². The molecule has 0 aromatic heterocycles. The van der Waals surface area contributed by atoms with Crippen molar-refractivity contribution in [3.8, 4) is 0 Å². The van der Waals surface area contributed by atoms with Crippen molar-refractivity contribution in [1.29, 1.82) is 0 Å². The molecule has 8 nitrogen and oxygen atoms in total. The van der Waals surface area contributed by atoms with Gasteiger partial charge in [0.1, 0.15) is 12.4 Å². The van der Waals surface area contributed by atoms with Gasteiger partial charge in [0, 0.05) is 32.1 Å². The summed E-state index contributed by atoms with van der Waals surface area (Å²) in [5.41, 5.74) is 1.03. The Morgan fingerprint density at radius 3 is 2.63 bits per heavy atom. The van der Waals surface area contributed by atoms with Gasteiger partial charge in [0.2, 0.25) is 0 Å². The molecule has 8 heteroatoms. The minimum Gasteiger partial charge on any atom is -0.459 e. The van der Waals surface area contributed by atoms with E-state index in [9.17, 15) is 9.59 Å². The lowest BCUT2D eigenvalue weighted by atomic mass is 9.79. The van der Waals surface area contributed by atoms with Crippen LogP contribution >= 0.6 is 0 Å². The number of hydrogen-bond acceptors (Lipinski definition) is 8. The molecule has 1 unspecified atom stereocenters. The van der Waals surface area contributed by atoms with Crippen LogP contribution in [0, 0.1) is 11.8 Å². The van der Waals surface area contributed by atoms with Crippen molar-refractivity contribution in [2.24, 2.45) is 11.8 Å². The zero-order chi connectivity index (χ0) is 25.3. The second-order valence-electron chi connectivity index (χ2n) is 11.2. The van der Waals surface area contributed by atoms with Crippen LogP contribution in [0.1, 0.15) is 73.1 Å². The highest BCUT2D eigenvalue weighted by atomic mass is 16.7. The molecule has 10 atom stereocenters. The Labute approximate surface area is 209 Å². The zero-order valence-corrected chi connectivity index (χ0v) is 21.8. The number of rotatable bonds is 6. The molecule has 0 radical (unpaired) electrons. The van der Waals surface area contributed by atoms with Crippen LogP contribution in [-0.2, 0) is 38.0 Å². The lowest BCUT2D eigenvalue weighted by Crippen LogP contribution is -2.61. The Morgan fingerprint density at radius 2 is 1.91 bits per heavy atom. The first kappa shape index (κ1) is 26.7. The lowest BCUT2D eigenvalue weighted by molar-refractivity contribution is -0.296. The van der Waals surface area contributed by atoms with Gasteiger partial charge < -0.3 is 33.2 Å². The fraction of sp³-hybridized carbons (Fsp3) is 0.852. The molecule has 4 aliphatic heterocycles. The summed E-state index contributed by atoms with van der Waals surface area (Å²) in [6.07, 6.45) is 3.34. The monoisotopic (exact) mass is 494 g/mol. The largest absolute Gasteiger partial charge is 0.459 e. The van der Waals surface area contributed by atoms with E-state index in [2.05, 4.69) is 20.4 Å². The van der Waals surface area contributed by atoms with E-state index in [0.29, 0.717) is 32.3 Å². The fourth-order valence-corrected chi connectivity index (χ4v) is 6.17. The van der Waals surface area contributed by atoms with Gasteiger partial charge in [-0.2, -0.15) is 0 Å². The Balaban J connectivity index is 1.51. The van der Waals surface area contributed by atoms with Gasteiger partial charge >= 0.3 is 5.97 Å². The van der Waals surface area contributed by atoms with E-state index in [1.54, 1.807) is 0 Å². The average Bonchev–Trinajstić information content (AvgIpc) is 2.93. The van der Waals surface area contributed by atoms with Crippen molar-refractivity contribution in [3.63, 3.8) is 0 Å². The highest BCUT2D eigenvalue weighted by Crippen LogP contribution is 2.43. The molecule has 4 rings (SSSR count). The molecule has 4 heterocycles. The summed E-state index contributed by atoms with van der Waals surface area (Å²) < 4.78 is 37.5. The third-order valence-corrected chi connectivity index (χ3v) is 7.99. The summed E-state index contributed by atoms with van der Waals surface area (Å²) in [6.45, 7) is 14.4. The number of ether oxygens (including phenoxy) is 6. The highest BCUT2D eigenvalue weighted by Gasteiger charge is 2.53. The number of hydrogen-bond donors (Lipinski definition) is 0. The summed E-state index contributed by atoms with van der Waals surface area (Å²) in [5, 5.41) is 0. The van der Waals surface area contributed by atoms with E-state index in [4.69, 9.17) is 28.4 Å². The minimum atomic E-state index is -0.671. The Kier molecular flexibility index (Phi) is 8.38. The van der Waals surface area contributed by atoms with E-state index in [0.717, 1.165) is 24.7 Å². The topological polar surface area (TPSA) is 89.5 Å². The summed E-state index contributed by atoms with van der Waals surface area (Å²) in [6, 6.07) is 0. The number of aldehydes is 1. The van der Waals surface area contributed by atoms with Crippen LogP contribution in [0.15, 0.2) is 12.2 Å². The van der Waals surface area contributed by atoms with Gasteiger partial charge in [-0.15, -0.1) is 0 Å². The van der Waals surface area contributed by atoms with Crippen molar-refractivity contribution in [1.82, 2.24) is 0 Å². The standard InChI is InChI=1S/C27H42O8/c1-15-12-19(8-7-10-28)32-21(16(15)2)13-23-25(31-18(4)29)17(3)26-24(33-23)14-22-20(34-26)9-11-30-27(5,6)35-22/h10,15,17,19-26H,2,7-9,11-14H2,1,3-6H3/t15-,17-,19+,20-,21?,22-,23+,24+,25-,26+/m1/s1. The van der Waals surface area contributed by atoms with Crippen LogP contribution < -0.4 is 0 Å². The van der Waals surface area contributed by atoms with Gasteiger partial charge in [0.15, 0.2) is 5.79 Å². The number of esters is 1. The van der Waals surface area contributed by atoms with Crippen LogP contribution in [0.2, 0.25) is 0 Å². The van der Waals surface area contributed by atoms with E-state index >= 15 is 0 Å². The van der Waals surface area contributed by atoms with E-state index in [1.165, 1.54) is 6.92 Å². The molecule has 0 amide bonds. The molecule has 4 fully saturated rings. The molecule has 0 aliphatic carbocycles. The molecule has 0 aromatic rings. The SMILES string of the molecule is C=C1C(C[C@@H]2O[C@H]3C[C@H]4OC(C)(C)OCC[C@H]4O[C@H]3[C@H](C)[C@H]2OC(C)=O)O[C@@H](CCC=O)C[C@H]1C. The van der Waals surface area contributed by atoms with Gasteiger partial charge in [0.05, 0.1) is 49.3 Å². The van der Waals surface area contributed by atoms with Crippen molar-refractivity contribution in [2.75, 3.05) is 6.61 Å². The number of fused-ring (bicyclic) bond motifs is 2. The first-order valence-electron chi connectivity index (χ1n) is 13.2. The first-order valence-corrected chi connectivity index (χ1v) is 13.2. The summed E-state index contributed by atoms with van der Waals surface area (Å²) in [5.74, 6) is -0.778. The second kappa shape index (κ2) is 11.0. The predicted molar refractivity (Wildman–Crippen MR) is 128 cm³/mol. The molecule has 198 valence electrons. The highest BCUT2D eigenvalue weighted by molar-refractivity contribution is 5.66. The van der Waals surface area contributed by atoms with Gasteiger partial charge in [-0.25, -0.2) is 0 Å². The Hall–Kier alpha value is -1.32. The first-order chi connectivity index (χ1) is 16.6. The summed E-state index contributed by atoms with van der Waals surface area (Å²) >= 11 is 0. The van der Waals surface area contributed by atoms with Crippen molar-refractivity contribution in [3.05, 3.63) is 12.2 Å². The molecule has 0 saturated carbocycles. The van der Waals surface area contributed by atoms with Crippen molar-refractivity contribution in [2.45, 2.75) is 128 Å². The molecule has 0 spiro atoms. The van der Waals surface area contributed by atoms with Crippen LogP contribution in [0.25, 0.3) is 0 Å². The van der Waals surface area contributed by atoms with Gasteiger partial charge in [-0.3, -0.25) is 4.79 Å². The molecule has 35 heavy (non-hydrogen) atoms. The Morgan fingerprint density at radius 1 is 1.14 bits per heavy atom. The fourth-order valence-electron chi connectivity index (χ4n) is 6.17. The van der Waals surface area contributed by atoms with Gasteiger partial charge in [0.25, 0.3) is 0 Å². The molecular weight excluding hydrogens is 452 g/mol. The average molecular weight is 495 g/mol. The quantitative estimate of drug-likeness (QED) is 0.313.